The van der Waals surface area contributed by atoms with Crippen molar-refractivity contribution in [1.29, 1.82) is 0 Å². The van der Waals surface area contributed by atoms with Gasteiger partial charge in [-0.3, -0.25) is 4.79 Å². The number of carbonyl (C=O) groups excluding carboxylic acids is 2. The lowest BCUT2D eigenvalue weighted by molar-refractivity contribution is -0.128. The van der Waals surface area contributed by atoms with Gasteiger partial charge in [-0.15, -0.1) is 0 Å². The van der Waals surface area contributed by atoms with Crippen molar-refractivity contribution < 1.29 is 23.1 Å². The van der Waals surface area contributed by atoms with Gasteiger partial charge in [-0.2, -0.15) is 0 Å². The highest BCUT2D eigenvalue weighted by Gasteiger charge is 2.34. The van der Waals surface area contributed by atoms with Crippen LogP contribution in [0.4, 0.5) is 19.3 Å². The minimum Gasteiger partial charge on any atom is -0.444 e. The quantitative estimate of drug-likeness (QED) is 0.827. The zero-order valence-corrected chi connectivity index (χ0v) is 17.1. The summed E-state index contributed by atoms with van der Waals surface area (Å²) in [6.45, 7) is 7.13. The molecule has 0 aromatic heterocycles. The average molecular weight is 410 g/mol. The maximum absolute atomic E-state index is 14.8. The van der Waals surface area contributed by atoms with Gasteiger partial charge in [-0.1, -0.05) is 0 Å². The maximum Gasteiger partial charge on any atom is 0.410 e. The molecule has 0 saturated carbocycles. The number of hydrogen-bond acceptors (Lipinski definition) is 5. The van der Waals surface area contributed by atoms with Crippen LogP contribution in [0, 0.1) is 11.6 Å². The molecule has 2 aliphatic rings. The molecule has 2 amide bonds. The Balaban J connectivity index is 1.70. The van der Waals surface area contributed by atoms with Crippen LogP contribution in [0.2, 0.25) is 0 Å². The number of nitrogens with two attached hydrogens (primary N) is 1. The second-order valence-corrected chi connectivity index (χ2v) is 8.41. The Bertz CT molecular complexity index is 765. The zero-order valence-electron chi connectivity index (χ0n) is 17.1. The number of carbonyl (C=O) groups is 2. The van der Waals surface area contributed by atoms with Gasteiger partial charge in [0.15, 0.2) is 0 Å². The second kappa shape index (κ2) is 8.14. The summed E-state index contributed by atoms with van der Waals surface area (Å²) in [6, 6.07) is 2.47. The Labute approximate surface area is 169 Å². The van der Waals surface area contributed by atoms with Crippen LogP contribution in [0.5, 0.6) is 0 Å². The van der Waals surface area contributed by atoms with Gasteiger partial charge in [-0.05, 0) is 44.9 Å². The number of rotatable bonds is 3. The average Bonchev–Trinajstić information content (AvgIpc) is 3.00. The summed E-state index contributed by atoms with van der Waals surface area (Å²) in [5, 5.41) is 0. The molecular formula is C20H28F2N4O3. The van der Waals surface area contributed by atoms with Crippen molar-refractivity contribution in [2.24, 2.45) is 5.73 Å². The topological polar surface area (TPSA) is 79.1 Å². The molecule has 160 valence electrons. The number of amides is 2. The largest absolute Gasteiger partial charge is 0.444 e. The zero-order chi connectivity index (χ0) is 21.3. The number of anilines is 1. The number of halogens is 2. The fourth-order valence-electron chi connectivity index (χ4n) is 3.76. The number of nitrogens with zero attached hydrogens (tertiary/aromatic N) is 3. The van der Waals surface area contributed by atoms with E-state index in [1.54, 1.807) is 25.7 Å². The molecule has 2 fully saturated rings. The first-order chi connectivity index (χ1) is 13.6. The molecule has 29 heavy (non-hydrogen) atoms. The van der Waals surface area contributed by atoms with E-state index in [1.165, 1.54) is 21.9 Å². The lowest BCUT2D eigenvalue weighted by atomic mass is 9.96. The van der Waals surface area contributed by atoms with E-state index in [1.807, 2.05) is 0 Å². The summed E-state index contributed by atoms with van der Waals surface area (Å²) in [5.41, 5.74) is 5.13. The minimum atomic E-state index is -0.704. The van der Waals surface area contributed by atoms with Gasteiger partial charge in [0.1, 0.15) is 22.9 Å². The van der Waals surface area contributed by atoms with Gasteiger partial charge in [0.25, 0.3) is 0 Å². The number of benzene rings is 1. The predicted molar refractivity (Wildman–Crippen MR) is 105 cm³/mol. The van der Waals surface area contributed by atoms with E-state index < -0.39 is 29.2 Å². The van der Waals surface area contributed by atoms with Gasteiger partial charge >= 0.3 is 6.09 Å². The minimum absolute atomic E-state index is 0.0975. The third kappa shape index (κ3) is 4.60. The molecule has 0 bridgehead atoms. The first-order valence-electron chi connectivity index (χ1n) is 9.81. The normalized spacial score (nSPS) is 20.4. The summed E-state index contributed by atoms with van der Waals surface area (Å²) >= 11 is 0. The van der Waals surface area contributed by atoms with E-state index in [-0.39, 0.29) is 31.4 Å². The van der Waals surface area contributed by atoms with E-state index in [0.717, 1.165) is 0 Å². The van der Waals surface area contributed by atoms with Crippen molar-refractivity contribution in [2.45, 2.75) is 38.7 Å². The van der Waals surface area contributed by atoms with Gasteiger partial charge in [-0.25, -0.2) is 13.6 Å². The van der Waals surface area contributed by atoms with E-state index in [0.29, 0.717) is 31.6 Å². The van der Waals surface area contributed by atoms with Crippen molar-refractivity contribution in [3.8, 4) is 0 Å². The molecule has 0 spiro atoms. The van der Waals surface area contributed by atoms with Gasteiger partial charge < -0.3 is 25.2 Å². The van der Waals surface area contributed by atoms with Crippen LogP contribution in [0.3, 0.4) is 0 Å². The lowest BCUT2D eigenvalue weighted by Crippen LogP contribution is -2.50. The Morgan fingerprint density at radius 1 is 1.14 bits per heavy atom. The standard InChI is InChI=1S/C20H28F2N4O3/c1-20(2,3)29-19(28)25-8-6-24(7-9-25)17-15(21)10-13(11-16(17)22)14-4-5-26(12-23)18(14)27/h10-11,14H,4-9,12,23H2,1-3H3/t14-/m0/s1. The third-order valence-electron chi connectivity index (χ3n) is 5.21. The van der Waals surface area contributed by atoms with Crippen LogP contribution in [-0.4, -0.2) is 66.8 Å². The monoisotopic (exact) mass is 410 g/mol. The Hall–Kier alpha value is -2.42. The van der Waals surface area contributed by atoms with Gasteiger partial charge in [0.05, 0.1) is 12.6 Å². The summed E-state index contributed by atoms with van der Waals surface area (Å²) < 4.78 is 34.9. The van der Waals surface area contributed by atoms with Crippen molar-refractivity contribution in [3.05, 3.63) is 29.3 Å². The first kappa shape index (κ1) is 21.3. The Kier molecular flexibility index (Phi) is 5.97. The molecule has 3 rings (SSSR count). The molecule has 2 saturated heterocycles. The van der Waals surface area contributed by atoms with E-state index >= 15 is 0 Å². The highest BCUT2D eigenvalue weighted by Crippen LogP contribution is 2.33. The Morgan fingerprint density at radius 3 is 2.21 bits per heavy atom. The van der Waals surface area contributed by atoms with Crippen LogP contribution < -0.4 is 10.6 Å². The number of hydrogen-bond donors (Lipinski definition) is 1. The predicted octanol–water partition coefficient (Wildman–Crippen LogP) is 2.25. The summed E-state index contributed by atoms with van der Waals surface area (Å²) in [4.78, 5) is 29.0. The number of ether oxygens (including phenoxy) is 1. The molecule has 0 unspecified atom stereocenters. The molecule has 7 nitrogen and oxygen atoms in total. The van der Waals surface area contributed by atoms with E-state index in [2.05, 4.69) is 0 Å². The molecular weight excluding hydrogens is 382 g/mol. The molecule has 1 aromatic carbocycles. The lowest BCUT2D eigenvalue weighted by Gasteiger charge is -2.37. The van der Waals surface area contributed by atoms with Crippen LogP contribution in [0.1, 0.15) is 38.7 Å². The van der Waals surface area contributed by atoms with Crippen LogP contribution in [0.15, 0.2) is 12.1 Å². The highest BCUT2D eigenvalue weighted by molar-refractivity contribution is 5.86. The van der Waals surface area contributed by atoms with Crippen molar-refractivity contribution >= 4 is 17.7 Å². The maximum atomic E-state index is 14.8. The molecule has 0 aliphatic carbocycles. The molecule has 2 heterocycles. The van der Waals surface area contributed by atoms with Crippen LogP contribution >= 0.6 is 0 Å². The SMILES string of the molecule is CC(C)(C)OC(=O)N1CCN(c2c(F)cc([C@@H]3CCN(CN)C3=O)cc2F)CC1. The van der Waals surface area contributed by atoms with Crippen molar-refractivity contribution in [3.63, 3.8) is 0 Å². The number of likely N-dealkylation sites (tertiary alicyclic amines) is 1. The first-order valence-corrected chi connectivity index (χ1v) is 9.81. The smallest absolute Gasteiger partial charge is 0.410 e. The fraction of sp³-hybridized carbons (Fsp3) is 0.600. The highest BCUT2D eigenvalue weighted by atomic mass is 19.1. The fourth-order valence-corrected chi connectivity index (χ4v) is 3.76. The molecule has 1 atom stereocenters. The molecule has 2 aliphatic heterocycles. The van der Waals surface area contributed by atoms with Gasteiger partial charge in [0, 0.05) is 32.7 Å². The summed E-state index contributed by atoms with van der Waals surface area (Å²) in [6.07, 6.45) is 0.0562. The van der Waals surface area contributed by atoms with Crippen molar-refractivity contribution in [1.82, 2.24) is 9.80 Å². The summed E-state index contributed by atoms with van der Waals surface area (Å²) in [5.74, 6) is -2.18. The second-order valence-electron chi connectivity index (χ2n) is 8.41. The molecule has 9 heteroatoms. The summed E-state index contributed by atoms with van der Waals surface area (Å²) in [7, 11) is 0. The van der Waals surface area contributed by atoms with E-state index in [9.17, 15) is 18.4 Å². The Morgan fingerprint density at radius 2 is 1.72 bits per heavy atom. The molecule has 2 N–H and O–H groups in total. The van der Waals surface area contributed by atoms with Crippen LogP contribution in [-0.2, 0) is 9.53 Å². The third-order valence-corrected chi connectivity index (χ3v) is 5.21. The number of piperazine rings is 1. The molecule has 0 radical (unpaired) electrons. The van der Waals surface area contributed by atoms with E-state index in [4.69, 9.17) is 10.5 Å². The van der Waals surface area contributed by atoms with Crippen molar-refractivity contribution in [2.75, 3.05) is 44.3 Å². The van der Waals surface area contributed by atoms with Crippen LogP contribution in [0.25, 0.3) is 0 Å². The molecule has 1 aromatic rings. The van der Waals surface area contributed by atoms with Gasteiger partial charge in [0.2, 0.25) is 5.91 Å².